The van der Waals surface area contributed by atoms with Crippen LogP contribution in [0.4, 0.5) is 0 Å². The van der Waals surface area contributed by atoms with E-state index in [1.54, 1.807) is 0 Å². The Morgan fingerprint density at radius 1 is 1.15 bits per heavy atom. The van der Waals surface area contributed by atoms with Crippen LogP contribution in [0.1, 0.15) is 52.4 Å². The van der Waals surface area contributed by atoms with Crippen molar-refractivity contribution < 1.29 is 4.79 Å². The Labute approximate surface area is 123 Å². The first kappa shape index (κ1) is 14.4. The third-order valence-corrected chi connectivity index (χ3v) is 5.92. The maximum Gasteiger partial charge on any atom is 0.240 e. The quantitative estimate of drug-likeness (QED) is 0.775. The molecule has 1 aliphatic heterocycles. The molecule has 20 heavy (non-hydrogen) atoms. The van der Waals surface area contributed by atoms with Gasteiger partial charge in [0.2, 0.25) is 5.91 Å². The maximum atomic E-state index is 13.0. The van der Waals surface area contributed by atoms with Gasteiger partial charge in [-0.3, -0.25) is 9.69 Å². The highest BCUT2D eigenvalue weighted by atomic mass is 16.2. The van der Waals surface area contributed by atoms with Crippen LogP contribution in [0.25, 0.3) is 0 Å². The first-order chi connectivity index (χ1) is 9.37. The van der Waals surface area contributed by atoms with Crippen LogP contribution >= 0.6 is 0 Å². The summed E-state index contributed by atoms with van der Waals surface area (Å²) < 4.78 is 0. The molecule has 0 aromatic rings. The van der Waals surface area contributed by atoms with Crippen molar-refractivity contribution in [1.29, 1.82) is 0 Å². The van der Waals surface area contributed by atoms with E-state index in [1.807, 2.05) is 0 Å². The smallest absolute Gasteiger partial charge is 0.240 e. The molecule has 3 nitrogen and oxygen atoms in total. The molecule has 3 heteroatoms. The lowest BCUT2D eigenvalue weighted by molar-refractivity contribution is -0.138. The molecule has 0 N–H and O–H groups in total. The van der Waals surface area contributed by atoms with Crippen LogP contribution in [0.5, 0.6) is 0 Å². The summed E-state index contributed by atoms with van der Waals surface area (Å²) in [6, 6.07) is 0.604. The van der Waals surface area contributed by atoms with Gasteiger partial charge in [0.25, 0.3) is 0 Å². The molecule has 0 aromatic heterocycles. The number of fused-ring (bicyclic) bond motifs is 1. The molecule has 3 rings (SSSR count). The van der Waals surface area contributed by atoms with E-state index in [4.69, 9.17) is 0 Å². The summed E-state index contributed by atoms with van der Waals surface area (Å²) in [5.41, 5.74) is 0.274. The van der Waals surface area contributed by atoms with Crippen LogP contribution in [0.2, 0.25) is 0 Å². The van der Waals surface area contributed by atoms with Crippen molar-refractivity contribution in [3.8, 4) is 0 Å². The van der Waals surface area contributed by atoms with Crippen LogP contribution in [0, 0.1) is 17.3 Å². The molecule has 1 saturated heterocycles. The summed E-state index contributed by atoms with van der Waals surface area (Å²) in [5, 5.41) is 0. The first-order valence-corrected chi connectivity index (χ1v) is 8.34. The Morgan fingerprint density at radius 2 is 1.90 bits per heavy atom. The first-order valence-electron chi connectivity index (χ1n) is 8.34. The fourth-order valence-electron chi connectivity index (χ4n) is 4.31. The third-order valence-electron chi connectivity index (χ3n) is 5.92. The monoisotopic (exact) mass is 278 g/mol. The highest BCUT2D eigenvalue weighted by Gasteiger charge is 2.46. The SMILES string of the molecule is CN(C)C1CC(C)(C)CCN(C2CCC3CC3C2)C1=O. The number of nitrogens with zero attached hydrogens (tertiary/aromatic N) is 2. The highest BCUT2D eigenvalue weighted by molar-refractivity contribution is 5.82. The number of rotatable bonds is 2. The van der Waals surface area contributed by atoms with Gasteiger partial charge in [0, 0.05) is 12.6 Å². The van der Waals surface area contributed by atoms with Gasteiger partial charge in [0.15, 0.2) is 0 Å². The number of hydrogen-bond acceptors (Lipinski definition) is 2. The summed E-state index contributed by atoms with van der Waals surface area (Å²) in [6.07, 6.45) is 7.45. The minimum Gasteiger partial charge on any atom is -0.338 e. The Morgan fingerprint density at radius 3 is 2.55 bits per heavy atom. The molecular formula is C17H30N2O. The predicted molar refractivity (Wildman–Crippen MR) is 81.4 cm³/mol. The summed E-state index contributed by atoms with van der Waals surface area (Å²) >= 11 is 0. The lowest BCUT2D eigenvalue weighted by Gasteiger charge is -2.36. The van der Waals surface area contributed by atoms with Gasteiger partial charge in [-0.2, -0.15) is 0 Å². The Hall–Kier alpha value is -0.570. The van der Waals surface area contributed by atoms with Gasteiger partial charge < -0.3 is 4.90 Å². The van der Waals surface area contributed by atoms with E-state index in [9.17, 15) is 4.79 Å². The Balaban J connectivity index is 1.76. The second-order valence-electron chi connectivity index (χ2n) is 8.35. The van der Waals surface area contributed by atoms with Crippen molar-refractivity contribution in [2.24, 2.45) is 17.3 Å². The number of carbonyl (C=O) groups is 1. The van der Waals surface area contributed by atoms with Crippen molar-refractivity contribution in [2.75, 3.05) is 20.6 Å². The fraction of sp³-hybridized carbons (Fsp3) is 0.941. The van der Waals surface area contributed by atoms with E-state index >= 15 is 0 Å². The molecule has 1 heterocycles. The minimum absolute atomic E-state index is 0.0735. The van der Waals surface area contributed by atoms with E-state index in [0.29, 0.717) is 11.9 Å². The number of hydrogen-bond donors (Lipinski definition) is 0. The summed E-state index contributed by atoms with van der Waals surface area (Å²) in [6.45, 7) is 5.61. The van der Waals surface area contributed by atoms with Gasteiger partial charge >= 0.3 is 0 Å². The molecule has 2 saturated carbocycles. The van der Waals surface area contributed by atoms with Gasteiger partial charge in [-0.05, 0) is 69.9 Å². The summed E-state index contributed by atoms with van der Waals surface area (Å²) in [4.78, 5) is 17.4. The maximum absolute atomic E-state index is 13.0. The molecule has 0 bridgehead atoms. The topological polar surface area (TPSA) is 23.6 Å². The number of amides is 1. The molecular weight excluding hydrogens is 248 g/mol. The molecule has 0 aromatic carbocycles. The lowest BCUT2D eigenvalue weighted by Crippen LogP contribution is -2.49. The highest BCUT2D eigenvalue weighted by Crippen LogP contribution is 2.50. The van der Waals surface area contributed by atoms with Crippen molar-refractivity contribution in [2.45, 2.75) is 64.5 Å². The number of likely N-dealkylation sites (tertiary alicyclic amines) is 1. The van der Waals surface area contributed by atoms with Gasteiger partial charge in [-0.15, -0.1) is 0 Å². The van der Waals surface area contributed by atoms with Crippen LogP contribution < -0.4 is 0 Å². The molecule has 0 spiro atoms. The summed E-state index contributed by atoms with van der Waals surface area (Å²) in [7, 11) is 4.11. The van der Waals surface area contributed by atoms with E-state index in [2.05, 4.69) is 37.7 Å². The second kappa shape index (κ2) is 5.01. The molecule has 3 fully saturated rings. The minimum atomic E-state index is 0.0735. The van der Waals surface area contributed by atoms with Gasteiger partial charge in [0.1, 0.15) is 0 Å². The second-order valence-corrected chi connectivity index (χ2v) is 8.35. The molecule has 0 radical (unpaired) electrons. The van der Waals surface area contributed by atoms with Gasteiger partial charge in [-0.25, -0.2) is 0 Å². The predicted octanol–water partition coefficient (Wildman–Crippen LogP) is 2.75. The van der Waals surface area contributed by atoms with E-state index < -0.39 is 0 Å². The van der Waals surface area contributed by atoms with E-state index in [-0.39, 0.29) is 11.5 Å². The lowest BCUT2D eigenvalue weighted by atomic mass is 9.83. The molecule has 1 amide bonds. The molecule has 114 valence electrons. The van der Waals surface area contributed by atoms with Gasteiger partial charge in [0.05, 0.1) is 6.04 Å². The van der Waals surface area contributed by atoms with E-state index in [0.717, 1.165) is 31.2 Å². The average Bonchev–Trinajstić information content (AvgIpc) is 3.14. The zero-order valence-electron chi connectivity index (χ0n) is 13.6. The molecule has 4 unspecified atom stereocenters. The van der Waals surface area contributed by atoms with Crippen molar-refractivity contribution in [3.63, 3.8) is 0 Å². The fourth-order valence-corrected chi connectivity index (χ4v) is 4.31. The van der Waals surface area contributed by atoms with Gasteiger partial charge in [-0.1, -0.05) is 13.8 Å². The van der Waals surface area contributed by atoms with Crippen LogP contribution in [0.3, 0.4) is 0 Å². The molecule has 4 atom stereocenters. The van der Waals surface area contributed by atoms with Crippen molar-refractivity contribution >= 4 is 5.91 Å². The number of carbonyl (C=O) groups excluding carboxylic acids is 1. The van der Waals surface area contributed by atoms with Crippen LogP contribution in [-0.4, -0.2) is 48.4 Å². The average molecular weight is 278 g/mol. The largest absolute Gasteiger partial charge is 0.338 e. The van der Waals surface area contributed by atoms with Crippen LogP contribution in [0.15, 0.2) is 0 Å². The zero-order chi connectivity index (χ0) is 14.5. The van der Waals surface area contributed by atoms with Crippen LogP contribution in [-0.2, 0) is 4.79 Å². The number of likely N-dealkylation sites (N-methyl/N-ethyl adjacent to an activating group) is 1. The van der Waals surface area contributed by atoms with E-state index in [1.165, 1.54) is 25.7 Å². The molecule has 3 aliphatic rings. The normalized spacial score (nSPS) is 40.5. The summed E-state index contributed by atoms with van der Waals surface area (Å²) in [5.74, 6) is 2.34. The van der Waals surface area contributed by atoms with Crippen molar-refractivity contribution in [3.05, 3.63) is 0 Å². The standard InChI is InChI=1S/C17H30N2O/c1-17(2)7-8-19(16(20)15(11-17)18(3)4)14-6-5-12-9-13(12)10-14/h12-15H,5-11H2,1-4H3. The molecule has 2 aliphatic carbocycles. The Bertz CT molecular complexity index is 390. The third kappa shape index (κ3) is 2.74. The zero-order valence-corrected chi connectivity index (χ0v) is 13.6. The van der Waals surface area contributed by atoms with Crippen molar-refractivity contribution in [1.82, 2.24) is 9.80 Å². The Kier molecular flexibility index (Phi) is 3.60.